The van der Waals surface area contributed by atoms with Gasteiger partial charge in [0.2, 0.25) is 5.12 Å². The van der Waals surface area contributed by atoms with E-state index < -0.39 is 0 Å². The minimum atomic E-state index is 0.173. The Morgan fingerprint density at radius 3 is 2.80 bits per heavy atom. The SMILES string of the molecule is CN=C1SC(=O)CN1Cc1ccccc1. The molecule has 1 aliphatic rings. The number of hydrogen-bond acceptors (Lipinski definition) is 3. The maximum atomic E-state index is 11.3. The van der Waals surface area contributed by atoms with Crippen LogP contribution in [0.25, 0.3) is 0 Å². The Labute approximate surface area is 93.2 Å². The van der Waals surface area contributed by atoms with Gasteiger partial charge in [-0.1, -0.05) is 30.3 Å². The molecule has 78 valence electrons. The van der Waals surface area contributed by atoms with Crippen molar-refractivity contribution in [1.82, 2.24) is 4.90 Å². The van der Waals surface area contributed by atoms with E-state index in [1.807, 2.05) is 23.1 Å². The molecule has 0 amide bonds. The third kappa shape index (κ3) is 2.39. The third-order valence-corrected chi connectivity index (χ3v) is 3.18. The van der Waals surface area contributed by atoms with Crippen molar-refractivity contribution in [2.45, 2.75) is 6.54 Å². The first-order valence-electron chi connectivity index (χ1n) is 4.76. The van der Waals surface area contributed by atoms with Gasteiger partial charge >= 0.3 is 0 Å². The summed E-state index contributed by atoms with van der Waals surface area (Å²) in [6.07, 6.45) is 0. The molecule has 0 aromatic heterocycles. The van der Waals surface area contributed by atoms with Crippen molar-refractivity contribution in [1.29, 1.82) is 0 Å². The molecule has 2 rings (SSSR count). The van der Waals surface area contributed by atoms with E-state index in [1.54, 1.807) is 7.05 Å². The Balaban J connectivity index is 2.10. The van der Waals surface area contributed by atoms with Crippen LogP contribution in [0.5, 0.6) is 0 Å². The van der Waals surface area contributed by atoms with Crippen LogP contribution in [0.15, 0.2) is 35.3 Å². The lowest BCUT2D eigenvalue weighted by Crippen LogP contribution is -2.24. The fourth-order valence-electron chi connectivity index (χ4n) is 1.54. The van der Waals surface area contributed by atoms with Gasteiger partial charge in [0.15, 0.2) is 5.17 Å². The summed E-state index contributed by atoms with van der Waals surface area (Å²) in [6, 6.07) is 10.1. The topological polar surface area (TPSA) is 32.7 Å². The van der Waals surface area contributed by atoms with E-state index in [9.17, 15) is 4.79 Å². The van der Waals surface area contributed by atoms with Crippen molar-refractivity contribution in [3.63, 3.8) is 0 Å². The number of rotatable bonds is 2. The number of carbonyl (C=O) groups is 1. The summed E-state index contributed by atoms with van der Waals surface area (Å²) >= 11 is 1.23. The van der Waals surface area contributed by atoms with Crippen molar-refractivity contribution in [2.24, 2.45) is 4.99 Å². The van der Waals surface area contributed by atoms with Crippen LogP contribution in [-0.2, 0) is 11.3 Å². The largest absolute Gasteiger partial charge is 0.339 e. The van der Waals surface area contributed by atoms with E-state index in [0.717, 1.165) is 11.7 Å². The Bertz CT molecular complexity index is 389. The van der Waals surface area contributed by atoms with Crippen molar-refractivity contribution < 1.29 is 4.79 Å². The van der Waals surface area contributed by atoms with Crippen molar-refractivity contribution in [2.75, 3.05) is 13.6 Å². The number of nitrogens with zero attached hydrogens (tertiary/aromatic N) is 2. The van der Waals surface area contributed by atoms with Crippen LogP contribution in [0.1, 0.15) is 5.56 Å². The maximum Gasteiger partial charge on any atom is 0.215 e. The zero-order chi connectivity index (χ0) is 10.7. The van der Waals surface area contributed by atoms with E-state index >= 15 is 0 Å². The number of carbonyl (C=O) groups excluding carboxylic acids is 1. The fraction of sp³-hybridized carbons (Fsp3) is 0.273. The number of benzene rings is 1. The molecule has 1 fully saturated rings. The predicted molar refractivity (Wildman–Crippen MR) is 62.8 cm³/mol. The normalized spacial score (nSPS) is 18.9. The average Bonchev–Trinajstić information content (AvgIpc) is 2.60. The van der Waals surface area contributed by atoms with E-state index in [2.05, 4.69) is 17.1 Å². The molecule has 0 saturated carbocycles. The lowest BCUT2D eigenvalue weighted by atomic mass is 10.2. The third-order valence-electron chi connectivity index (χ3n) is 2.20. The monoisotopic (exact) mass is 220 g/mol. The van der Waals surface area contributed by atoms with Gasteiger partial charge in [-0.2, -0.15) is 0 Å². The number of thioether (sulfide) groups is 1. The zero-order valence-electron chi connectivity index (χ0n) is 8.51. The van der Waals surface area contributed by atoms with Crippen LogP contribution >= 0.6 is 11.8 Å². The summed E-state index contributed by atoms with van der Waals surface area (Å²) in [5, 5.41) is 0.996. The summed E-state index contributed by atoms with van der Waals surface area (Å²) in [6.45, 7) is 1.22. The second-order valence-corrected chi connectivity index (χ2v) is 4.35. The smallest absolute Gasteiger partial charge is 0.215 e. The van der Waals surface area contributed by atoms with Crippen LogP contribution in [0.4, 0.5) is 0 Å². The quantitative estimate of drug-likeness (QED) is 0.761. The van der Waals surface area contributed by atoms with Gasteiger partial charge < -0.3 is 4.90 Å². The molecule has 0 unspecified atom stereocenters. The molecular weight excluding hydrogens is 208 g/mol. The molecule has 0 radical (unpaired) electrons. The molecule has 1 aromatic carbocycles. The first-order valence-corrected chi connectivity index (χ1v) is 5.57. The molecule has 1 saturated heterocycles. The highest BCUT2D eigenvalue weighted by atomic mass is 32.2. The molecule has 15 heavy (non-hydrogen) atoms. The Morgan fingerprint density at radius 2 is 2.13 bits per heavy atom. The second kappa shape index (κ2) is 4.49. The van der Waals surface area contributed by atoms with Gasteiger partial charge in [-0.15, -0.1) is 0 Å². The van der Waals surface area contributed by atoms with E-state index in [-0.39, 0.29) is 5.12 Å². The maximum absolute atomic E-state index is 11.3. The Kier molecular flexibility index (Phi) is 3.06. The molecule has 4 heteroatoms. The minimum Gasteiger partial charge on any atom is -0.339 e. The highest BCUT2D eigenvalue weighted by Crippen LogP contribution is 2.21. The van der Waals surface area contributed by atoms with Crippen LogP contribution in [0, 0.1) is 0 Å². The van der Waals surface area contributed by atoms with Crippen LogP contribution in [0.2, 0.25) is 0 Å². The molecule has 0 aliphatic carbocycles. The molecule has 0 spiro atoms. The molecule has 3 nitrogen and oxygen atoms in total. The van der Waals surface area contributed by atoms with E-state index in [1.165, 1.54) is 17.3 Å². The highest BCUT2D eigenvalue weighted by Gasteiger charge is 2.25. The Morgan fingerprint density at radius 1 is 1.40 bits per heavy atom. The summed E-state index contributed by atoms with van der Waals surface area (Å²) in [5.41, 5.74) is 1.20. The second-order valence-electron chi connectivity index (χ2n) is 3.32. The Hall–Kier alpha value is -1.29. The molecule has 1 aliphatic heterocycles. The minimum absolute atomic E-state index is 0.173. The van der Waals surface area contributed by atoms with Gasteiger partial charge in [0.05, 0.1) is 6.54 Å². The molecule has 0 bridgehead atoms. The first kappa shape index (κ1) is 10.2. The van der Waals surface area contributed by atoms with Crippen molar-refractivity contribution in [3.05, 3.63) is 35.9 Å². The molecule has 0 N–H and O–H groups in total. The van der Waals surface area contributed by atoms with Gasteiger partial charge in [-0.05, 0) is 17.3 Å². The number of aliphatic imine (C=N–C) groups is 1. The molecular formula is C11H12N2OS. The van der Waals surface area contributed by atoms with Gasteiger partial charge in [-0.3, -0.25) is 9.79 Å². The lowest BCUT2D eigenvalue weighted by Gasteiger charge is -2.16. The molecule has 1 heterocycles. The fourth-order valence-corrected chi connectivity index (χ4v) is 2.31. The van der Waals surface area contributed by atoms with Crippen molar-refractivity contribution in [3.8, 4) is 0 Å². The summed E-state index contributed by atoms with van der Waals surface area (Å²) in [5.74, 6) is 0. The number of amidine groups is 1. The van der Waals surface area contributed by atoms with Crippen LogP contribution in [-0.4, -0.2) is 28.8 Å². The predicted octanol–water partition coefficient (Wildman–Crippen LogP) is 1.75. The van der Waals surface area contributed by atoms with Crippen LogP contribution < -0.4 is 0 Å². The highest BCUT2D eigenvalue weighted by molar-refractivity contribution is 8.26. The first-order chi connectivity index (χ1) is 7.29. The van der Waals surface area contributed by atoms with E-state index in [4.69, 9.17) is 0 Å². The lowest BCUT2D eigenvalue weighted by molar-refractivity contribution is -0.110. The van der Waals surface area contributed by atoms with Crippen molar-refractivity contribution >= 4 is 22.0 Å². The molecule has 0 atom stereocenters. The molecule has 1 aromatic rings. The zero-order valence-corrected chi connectivity index (χ0v) is 9.33. The summed E-state index contributed by atoms with van der Waals surface area (Å²) in [7, 11) is 1.72. The summed E-state index contributed by atoms with van der Waals surface area (Å²) < 4.78 is 0. The van der Waals surface area contributed by atoms with Gasteiger partial charge in [-0.25, -0.2) is 0 Å². The summed E-state index contributed by atoms with van der Waals surface area (Å²) in [4.78, 5) is 17.4. The van der Waals surface area contributed by atoms with E-state index in [0.29, 0.717) is 6.54 Å². The van der Waals surface area contributed by atoms with Gasteiger partial charge in [0.1, 0.15) is 0 Å². The van der Waals surface area contributed by atoms with Gasteiger partial charge in [0, 0.05) is 13.6 Å². The standard InChI is InChI=1S/C11H12N2OS/c1-12-11-13(8-10(14)15-11)7-9-5-3-2-4-6-9/h2-6H,7-8H2,1H3. The van der Waals surface area contributed by atoms with Crippen LogP contribution in [0.3, 0.4) is 0 Å². The average molecular weight is 220 g/mol. The number of hydrogen-bond donors (Lipinski definition) is 0. The van der Waals surface area contributed by atoms with Gasteiger partial charge in [0.25, 0.3) is 0 Å².